The summed E-state index contributed by atoms with van der Waals surface area (Å²) in [6, 6.07) is 16.0. The predicted octanol–water partition coefficient (Wildman–Crippen LogP) is 4.62. The minimum Gasteiger partial charge on any atom is -0.309 e. The number of fused-ring (bicyclic) bond motifs is 1. The molecule has 0 aliphatic rings. The fraction of sp³-hybridized carbons (Fsp3) is 0.0952. The summed E-state index contributed by atoms with van der Waals surface area (Å²) in [5.74, 6) is 1.58. The Hall–Kier alpha value is -3.10. The quantitative estimate of drug-likeness (QED) is 0.389. The van der Waals surface area contributed by atoms with Gasteiger partial charge in [0.1, 0.15) is 10.9 Å². The summed E-state index contributed by atoms with van der Waals surface area (Å²) in [5.41, 5.74) is 1.78. The molecule has 0 radical (unpaired) electrons. The smallest absolute Gasteiger partial charge is 0.197 e. The van der Waals surface area contributed by atoms with Gasteiger partial charge in [-0.1, -0.05) is 24.3 Å². The van der Waals surface area contributed by atoms with Crippen molar-refractivity contribution in [3.05, 3.63) is 77.0 Å². The number of hydrogen-bond donors (Lipinski definition) is 0. The Morgan fingerprint density at radius 1 is 1.00 bits per heavy atom. The maximum Gasteiger partial charge on any atom is 0.197 e. The number of para-hydroxylation sites is 1. The Morgan fingerprint density at radius 2 is 1.93 bits per heavy atom. The summed E-state index contributed by atoms with van der Waals surface area (Å²) in [6.45, 7) is 0. The van der Waals surface area contributed by atoms with Crippen molar-refractivity contribution in [1.29, 1.82) is 0 Å². The molecule has 0 N–H and O–H groups in total. The van der Waals surface area contributed by atoms with Crippen LogP contribution in [-0.4, -0.2) is 29.7 Å². The van der Waals surface area contributed by atoms with E-state index in [2.05, 4.69) is 32.7 Å². The molecule has 4 heterocycles. The van der Waals surface area contributed by atoms with Crippen LogP contribution >= 0.6 is 23.1 Å². The highest BCUT2D eigenvalue weighted by molar-refractivity contribution is 7.99. The van der Waals surface area contributed by atoms with Crippen LogP contribution in [0.5, 0.6) is 0 Å². The van der Waals surface area contributed by atoms with Crippen LogP contribution in [0.4, 0.5) is 0 Å². The maximum absolute atomic E-state index is 4.83. The number of hydrogen-bond acceptors (Lipinski definition) is 7. The molecule has 5 rings (SSSR count). The topological polar surface area (TPSA) is 69.4 Å². The molecule has 0 unspecified atom stereocenters. The predicted molar refractivity (Wildman–Crippen MR) is 115 cm³/mol. The van der Waals surface area contributed by atoms with Gasteiger partial charge in [0, 0.05) is 41.7 Å². The number of pyridine rings is 1. The molecular formula is C21H16N6S2. The van der Waals surface area contributed by atoms with E-state index in [0.717, 1.165) is 38.9 Å². The summed E-state index contributed by atoms with van der Waals surface area (Å²) in [7, 11) is 2.00. The second kappa shape index (κ2) is 7.73. The molecule has 0 aliphatic heterocycles. The summed E-state index contributed by atoms with van der Waals surface area (Å²) < 4.78 is 2.03. The fourth-order valence-electron chi connectivity index (χ4n) is 2.99. The molecule has 142 valence electrons. The van der Waals surface area contributed by atoms with Gasteiger partial charge in [0.05, 0.1) is 5.52 Å². The number of benzene rings is 1. The van der Waals surface area contributed by atoms with Crippen LogP contribution in [-0.2, 0) is 13.5 Å². The molecule has 0 spiro atoms. The van der Waals surface area contributed by atoms with Crippen molar-refractivity contribution in [3.63, 3.8) is 0 Å². The van der Waals surface area contributed by atoms with Gasteiger partial charge in [0.15, 0.2) is 11.0 Å². The van der Waals surface area contributed by atoms with Crippen molar-refractivity contribution < 1.29 is 0 Å². The SMILES string of the molecule is Cn1c(Cc2cccs2)nnc1Sc1nc(-c2cccnc2)nc2ccccc12. The van der Waals surface area contributed by atoms with Gasteiger partial charge in [0.25, 0.3) is 0 Å². The molecule has 0 saturated heterocycles. The largest absolute Gasteiger partial charge is 0.309 e. The van der Waals surface area contributed by atoms with Gasteiger partial charge >= 0.3 is 0 Å². The minimum atomic E-state index is 0.653. The first-order valence-electron chi connectivity index (χ1n) is 9.03. The lowest BCUT2D eigenvalue weighted by Crippen LogP contribution is -2.00. The van der Waals surface area contributed by atoms with Gasteiger partial charge < -0.3 is 4.57 Å². The first-order chi connectivity index (χ1) is 14.3. The standard InChI is InChI=1S/C21H16N6S2/c1-27-18(12-15-7-5-11-28-15)25-26-21(27)29-20-16-8-2-3-9-17(16)23-19(24-20)14-6-4-10-22-13-14/h2-11,13H,12H2,1H3. The highest BCUT2D eigenvalue weighted by Crippen LogP contribution is 2.32. The molecular weight excluding hydrogens is 400 g/mol. The Labute approximate surface area is 175 Å². The summed E-state index contributed by atoms with van der Waals surface area (Å²) in [5, 5.41) is 13.5. The van der Waals surface area contributed by atoms with E-state index < -0.39 is 0 Å². The van der Waals surface area contributed by atoms with Crippen LogP contribution < -0.4 is 0 Å². The lowest BCUT2D eigenvalue weighted by atomic mass is 10.2. The Morgan fingerprint density at radius 3 is 2.76 bits per heavy atom. The molecule has 1 aromatic carbocycles. The van der Waals surface area contributed by atoms with E-state index in [-0.39, 0.29) is 0 Å². The second-order valence-corrected chi connectivity index (χ2v) is 8.42. The van der Waals surface area contributed by atoms with E-state index >= 15 is 0 Å². The van der Waals surface area contributed by atoms with Gasteiger partial charge in [-0.05, 0) is 41.4 Å². The zero-order chi connectivity index (χ0) is 19.6. The van der Waals surface area contributed by atoms with Crippen molar-refractivity contribution in [2.24, 2.45) is 7.05 Å². The van der Waals surface area contributed by atoms with E-state index in [1.54, 1.807) is 23.7 Å². The summed E-state index contributed by atoms with van der Waals surface area (Å²) in [6.07, 6.45) is 4.29. The zero-order valence-electron chi connectivity index (χ0n) is 15.6. The van der Waals surface area contributed by atoms with Crippen LogP contribution in [0.1, 0.15) is 10.7 Å². The first kappa shape index (κ1) is 18.0. The third-order valence-electron chi connectivity index (χ3n) is 4.51. The molecule has 0 bridgehead atoms. The zero-order valence-corrected chi connectivity index (χ0v) is 17.2. The van der Waals surface area contributed by atoms with Crippen molar-refractivity contribution >= 4 is 34.0 Å². The van der Waals surface area contributed by atoms with Crippen LogP contribution in [0, 0.1) is 0 Å². The number of thiophene rings is 1. The molecule has 4 aromatic heterocycles. The van der Waals surface area contributed by atoms with Crippen molar-refractivity contribution in [2.75, 3.05) is 0 Å². The van der Waals surface area contributed by atoms with Gasteiger partial charge in [-0.2, -0.15) is 0 Å². The van der Waals surface area contributed by atoms with Gasteiger partial charge in [-0.15, -0.1) is 21.5 Å². The van der Waals surface area contributed by atoms with Gasteiger partial charge in [-0.25, -0.2) is 9.97 Å². The molecule has 0 fully saturated rings. The first-order valence-corrected chi connectivity index (χ1v) is 10.7. The lowest BCUT2D eigenvalue weighted by Gasteiger charge is -2.08. The van der Waals surface area contributed by atoms with Crippen LogP contribution in [0.2, 0.25) is 0 Å². The molecule has 0 aliphatic carbocycles. The molecule has 29 heavy (non-hydrogen) atoms. The minimum absolute atomic E-state index is 0.653. The summed E-state index contributed by atoms with van der Waals surface area (Å²) >= 11 is 3.23. The van der Waals surface area contributed by atoms with E-state index in [1.165, 1.54) is 16.6 Å². The lowest BCUT2D eigenvalue weighted by molar-refractivity contribution is 0.750. The monoisotopic (exact) mass is 416 g/mol. The highest BCUT2D eigenvalue weighted by atomic mass is 32.2. The average Bonchev–Trinajstić information content (AvgIpc) is 3.40. The number of rotatable bonds is 5. The van der Waals surface area contributed by atoms with Crippen LogP contribution in [0.25, 0.3) is 22.3 Å². The van der Waals surface area contributed by atoms with E-state index in [0.29, 0.717) is 5.82 Å². The van der Waals surface area contributed by atoms with Gasteiger partial charge in [0.2, 0.25) is 0 Å². The van der Waals surface area contributed by atoms with Crippen molar-refractivity contribution in [1.82, 2.24) is 29.7 Å². The van der Waals surface area contributed by atoms with Crippen LogP contribution in [0.3, 0.4) is 0 Å². The average molecular weight is 417 g/mol. The molecule has 6 nitrogen and oxygen atoms in total. The Balaban J connectivity index is 1.54. The normalized spacial score (nSPS) is 11.2. The second-order valence-electron chi connectivity index (χ2n) is 6.43. The molecule has 5 aromatic rings. The fourth-order valence-corrected chi connectivity index (χ4v) is 4.61. The third-order valence-corrected chi connectivity index (χ3v) is 6.43. The van der Waals surface area contributed by atoms with Gasteiger partial charge in [-0.3, -0.25) is 4.98 Å². The summed E-state index contributed by atoms with van der Waals surface area (Å²) in [4.78, 5) is 15.0. The number of nitrogens with zero attached hydrogens (tertiary/aromatic N) is 6. The maximum atomic E-state index is 4.83. The molecule has 0 atom stereocenters. The van der Waals surface area contributed by atoms with E-state index in [9.17, 15) is 0 Å². The van der Waals surface area contributed by atoms with Crippen molar-refractivity contribution in [3.8, 4) is 11.4 Å². The number of aromatic nitrogens is 6. The Bertz CT molecular complexity index is 1270. The van der Waals surface area contributed by atoms with Crippen molar-refractivity contribution in [2.45, 2.75) is 16.6 Å². The van der Waals surface area contributed by atoms with Crippen LogP contribution in [0.15, 0.2) is 76.5 Å². The molecule has 0 amide bonds. The highest BCUT2D eigenvalue weighted by Gasteiger charge is 2.16. The van der Waals surface area contributed by atoms with E-state index in [1.807, 2.05) is 48.0 Å². The molecule has 0 saturated carbocycles. The molecule has 8 heteroatoms. The third kappa shape index (κ3) is 3.64. The van der Waals surface area contributed by atoms with E-state index in [4.69, 9.17) is 9.97 Å². The Kier molecular flexibility index (Phi) is 4.79.